The van der Waals surface area contributed by atoms with E-state index in [4.69, 9.17) is 5.73 Å². The van der Waals surface area contributed by atoms with Crippen LogP contribution in [0.1, 0.15) is 44.1 Å². The van der Waals surface area contributed by atoms with Crippen LogP contribution in [0.25, 0.3) is 10.9 Å². The molecule has 2 bridgehead atoms. The summed E-state index contributed by atoms with van der Waals surface area (Å²) in [4.78, 5) is 29.6. The zero-order valence-corrected chi connectivity index (χ0v) is 17.1. The number of fused-ring (bicyclic) bond motifs is 3. The predicted octanol–water partition coefficient (Wildman–Crippen LogP) is 2.54. The van der Waals surface area contributed by atoms with Crippen LogP contribution in [0.4, 0.5) is 0 Å². The second-order valence-electron chi connectivity index (χ2n) is 8.24. The monoisotopic (exact) mass is 404 g/mol. The van der Waals surface area contributed by atoms with Gasteiger partial charge < -0.3 is 11.1 Å². The molecule has 152 valence electrons. The molecule has 3 N–H and O–H groups in total. The van der Waals surface area contributed by atoms with Crippen LogP contribution < -0.4 is 16.6 Å². The predicted molar refractivity (Wildman–Crippen MR) is 113 cm³/mol. The fourth-order valence-electron chi connectivity index (χ4n) is 5.00. The van der Waals surface area contributed by atoms with Crippen molar-refractivity contribution in [2.24, 2.45) is 17.6 Å². The number of amides is 1. The zero-order valence-electron chi connectivity index (χ0n) is 16.3. The molecular formula is C21H29ClN4O2. The number of aryl methyl sites for hydroxylation is 2. The van der Waals surface area contributed by atoms with Crippen LogP contribution in [-0.4, -0.2) is 27.5 Å². The maximum Gasteiger partial charge on any atom is 0.261 e. The highest BCUT2D eigenvalue weighted by molar-refractivity contribution is 5.85. The van der Waals surface area contributed by atoms with Gasteiger partial charge in [0.05, 0.1) is 17.2 Å². The Morgan fingerprint density at radius 2 is 2.00 bits per heavy atom. The fourth-order valence-corrected chi connectivity index (χ4v) is 5.00. The average Bonchev–Trinajstić information content (AvgIpc) is 2.62. The van der Waals surface area contributed by atoms with E-state index in [1.807, 2.05) is 19.1 Å². The summed E-state index contributed by atoms with van der Waals surface area (Å²) in [5.74, 6) is 1.03. The summed E-state index contributed by atoms with van der Waals surface area (Å²) >= 11 is 0. The highest BCUT2D eigenvalue weighted by atomic mass is 35.5. The van der Waals surface area contributed by atoms with Gasteiger partial charge >= 0.3 is 0 Å². The Bertz CT molecular complexity index is 899. The van der Waals surface area contributed by atoms with Gasteiger partial charge in [0, 0.05) is 25.0 Å². The van der Waals surface area contributed by atoms with Crippen LogP contribution in [0.5, 0.6) is 0 Å². The molecule has 1 aromatic carbocycles. The van der Waals surface area contributed by atoms with Gasteiger partial charge in [-0.25, -0.2) is 4.98 Å². The maximum absolute atomic E-state index is 12.7. The molecule has 7 heteroatoms. The molecule has 6 nitrogen and oxygen atoms in total. The van der Waals surface area contributed by atoms with Crippen LogP contribution in [-0.2, 0) is 11.3 Å². The van der Waals surface area contributed by atoms with E-state index >= 15 is 0 Å². The van der Waals surface area contributed by atoms with Crippen LogP contribution in [0.15, 0.2) is 29.3 Å². The van der Waals surface area contributed by atoms with E-state index in [1.54, 1.807) is 17.0 Å². The van der Waals surface area contributed by atoms with Crippen LogP contribution >= 0.6 is 12.4 Å². The van der Waals surface area contributed by atoms with Gasteiger partial charge in [-0.2, -0.15) is 0 Å². The van der Waals surface area contributed by atoms with Crippen molar-refractivity contribution < 1.29 is 4.79 Å². The fraction of sp³-hybridized carbons (Fsp3) is 0.571. The Morgan fingerprint density at radius 1 is 1.29 bits per heavy atom. The number of carbonyl (C=O) groups excluding carboxylic acids is 1. The molecule has 2 aliphatic carbocycles. The van der Waals surface area contributed by atoms with E-state index < -0.39 is 0 Å². The second-order valence-corrected chi connectivity index (χ2v) is 8.24. The summed E-state index contributed by atoms with van der Waals surface area (Å²) in [7, 11) is 0. The first-order valence-corrected chi connectivity index (χ1v) is 10.0. The minimum Gasteiger partial charge on any atom is -0.353 e. The quantitative estimate of drug-likeness (QED) is 0.819. The van der Waals surface area contributed by atoms with E-state index in [1.165, 1.54) is 6.42 Å². The molecule has 2 unspecified atom stereocenters. The Morgan fingerprint density at radius 3 is 2.71 bits per heavy atom. The first-order chi connectivity index (χ1) is 13.0. The minimum atomic E-state index is -0.0861. The first kappa shape index (κ1) is 20.8. The van der Waals surface area contributed by atoms with E-state index in [2.05, 4.69) is 10.3 Å². The highest BCUT2D eigenvalue weighted by Gasteiger charge is 2.39. The van der Waals surface area contributed by atoms with Crippen molar-refractivity contribution in [2.75, 3.05) is 0 Å². The number of carbonyl (C=O) groups is 1. The van der Waals surface area contributed by atoms with Crippen LogP contribution in [0.2, 0.25) is 0 Å². The van der Waals surface area contributed by atoms with E-state index in [0.717, 1.165) is 36.8 Å². The number of nitrogens with one attached hydrogen (secondary N) is 1. The normalized spacial score (nSPS) is 26.5. The van der Waals surface area contributed by atoms with Gasteiger partial charge in [0.1, 0.15) is 0 Å². The van der Waals surface area contributed by atoms with Crippen molar-refractivity contribution in [1.29, 1.82) is 0 Å². The molecule has 2 aliphatic rings. The summed E-state index contributed by atoms with van der Waals surface area (Å²) in [5, 5.41) is 3.85. The molecule has 2 aromatic rings. The number of nitrogens with zero attached hydrogens (tertiary/aromatic N) is 2. The maximum atomic E-state index is 12.7. The molecule has 2 fully saturated rings. The lowest BCUT2D eigenvalue weighted by molar-refractivity contribution is -0.123. The van der Waals surface area contributed by atoms with Crippen molar-refractivity contribution in [1.82, 2.24) is 14.9 Å². The van der Waals surface area contributed by atoms with Crippen molar-refractivity contribution >= 4 is 29.2 Å². The number of para-hydroxylation sites is 1. The number of halogens is 1. The third-order valence-electron chi connectivity index (χ3n) is 6.34. The molecule has 0 radical (unpaired) electrons. The van der Waals surface area contributed by atoms with Crippen molar-refractivity contribution in [3.8, 4) is 0 Å². The molecule has 2 atom stereocenters. The van der Waals surface area contributed by atoms with Gasteiger partial charge in [-0.15, -0.1) is 12.4 Å². The van der Waals surface area contributed by atoms with Gasteiger partial charge in [-0.1, -0.05) is 18.6 Å². The molecular weight excluding hydrogens is 376 g/mol. The second kappa shape index (κ2) is 8.62. The van der Waals surface area contributed by atoms with Crippen LogP contribution in [0, 0.1) is 18.8 Å². The lowest BCUT2D eigenvalue weighted by Crippen LogP contribution is -2.53. The minimum absolute atomic E-state index is 0. The number of aromatic nitrogens is 2. The molecule has 1 heterocycles. The third kappa shape index (κ3) is 4.08. The lowest BCUT2D eigenvalue weighted by Gasteiger charge is -2.45. The first-order valence-electron chi connectivity index (χ1n) is 10.0. The number of nitrogens with two attached hydrogens (primary N) is 1. The summed E-state index contributed by atoms with van der Waals surface area (Å²) in [6.45, 7) is 2.29. The molecule has 1 aromatic heterocycles. The average molecular weight is 405 g/mol. The molecule has 1 amide bonds. The number of hydrogen-bond acceptors (Lipinski definition) is 4. The van der Waals surface area contributed by atoms with Crippen molar-refractivity contribution in [2.45, 2.75) is 64.1 Å². The largest absolute Gasteiger partial charge is 0.353 e. The van der Waals surface area contributed by atoms with E-state index in [0.29, 0.717) is 30.2 Å². The molecule has 0 spiro atoms. The summed E-state index contributed by atoms with van der Waals surface area (Å²) < 4.78 is 1.54. The Labute approximate surface area is 171 Å². The number of benzene rings is 1. The van der Waals surface area contributed by atoms with Gasteiger partial charge in [-0.05, 0) is 56.1 Å². The molecule has 4 rings (SSSR count). The summed E-state index contributed by atoms with van der Waals surface area (Å²) in [6, 6.07) is 6.13. The molecule has 0 saturated heterocycles. The Kier molecular flexibility index (Phi) is 6.40. The zero-order chi connectivity index (χ0) is 19.0. The van der Waals surface area contributed by atoms with Gasteiger partial charge in [0.25, 0.3) is 5.56 Å². The van der Waals surface area contributed by atoms with Crippen molar-refractivity contribution in [3.05, 3.63) is 40.4 Å². The standard InChI is InChI=1S/C21H28N4O2.ClH/c1-13-4-2-7-17-19(13)23-12-25(21(17)27)9-8-18(26)24-20-14-5-3-6-15(20)11-16(22)10-14;/h2,4,7,12,14-16,20H,3,5-6,8-11,22H2,1H3,(H,24,26);1H. The highest BCUT2D eigenvalue weighted by Crippen LogP contribution is 2.39. The Balaban J connectivity index is 0.00000225. The number of hydrogen-bond donors (Lipinski definition) is 2. The number of rotatable bonds is 4. The van der Waals surface area contributed by atoms with Crippen molar-refractivity contribution in [3.63, 3.8) is 0 Å². The molecule has 28 heavy (non-hydrogen) atoms. The van der Waals surface area contributed by atoms with E-state index in [9.17, 15) is 9.59 Å². The van der Waals surface area contributed by atoms with Gasteiger partial charge in [0.15, 0.2) is 0 Å². The lowest BCUT2D eigenvalue weighted by atomic mass is 9.67. The van der Waals surface area contributed by atoms with Crippen LogP contribution in [0.3, 0.4) is 0 Å². The summed E-state index contributed by atoms with van der Waals surface area (Å²) in [6.07, 6.45) is 7.42. The SMILES string of the molecule is Cc1cccc2c(=O)n(CCC(=O)NC3C4CCCC3CC(N)C4)cnc12.Cl. The topological polar surface area (TPSA) is 90.0 Å². The third-order valence-corrected chi connectivity index (χ3v) is 6.34. The summed E-state index contributed by atoms with van der Waals surface area (Å²) in [5.41, 5.74) is 7.80. The molecule has 2 saturated carbocycles. The van der Waals surface area contributed by atoms with E-state index in [-0.39, 0.29) is 36.0 Å². The smallest absolute Gasteiger partial charge is 0.261 e. The van der Waals surface area contributed by atoms with Gasteiger partial charge in [0.2, 0.25) is 5.91 Å². The molecule has 0 aliphatic heterocycles. The Hall–Kier alpha value is -1.92. The van der Waals surface area contributed by atoms with Gasteiger partial charge in [-0.3, -0.25) is 14.2 Å².